The topological polar surface area (TPSA) is 168 Å². The van der Waals surface area contributed by atoms with E-state index >= 15 is 0 Å². The van der Waals surface area contributed by atoms with E-state index in [0.29, 0.717) is 0 Å². The molecule has 3 aliphatic rings. The summed E-state index contributed by atoms with van der Waals surface area (Å²) in [6.45, 7) is 0. The molecule has 0 bridgehead atoms. The Morgan fingerprint density at radius 3 is 2.11 bits per heavy atom. The minimum absolute atomic E-state index is 0.257. The van der Waals surface area contributed by atoms with Crippen LogP contribution in [-0.2, 0) is 4.74 Å². The first-order chi connectivity index (χ1) is 17.7. The maximum atomic E-state index is 9.49. The van der Waals surface area contributed by atoms with E-state index in [0.717, 1.165) is 61.4 Å². The monoisotopic (exact) mass is 526 g/mol. The van der Waals surface area contributed by atoms with Gasteiger partial charge in [-0.2, -0.15) is 0 Å². The lowest BCUT2D eigenvalue weighted by Crippen LogP contribution is -2.68. The minimum atomic E-state index is -4.94. The largest absolute Gasteiger partial charge is 0.508 e. The highest BCUT2D eigenvalue weighted by molar-refractivity contribution is 5.78. The molecule has 4 N–H and O–H groups in total. The molecule has 0 saturated carbocycles. The van der Waals surface area contributed by atoms with E-state index in [1.807, 2.05) is 36.7 Å². The fourth-order valence-electron chi connectivity index (χ4n) is 4.39. The van der Waals surface area contributed by atoms with Gasteiger partial charge in [-0.15, -0.1) is 10.2 Å². The Kier molecular flexibility index (Phi) is 8.32. The van der Waals surface area contributed by atoms with Crippen LogP contribution in [0.15, 0.2) is 94.6 Å². The van der Waals surface area contributed by atoms with Crippen molar-refractivity contribution >= 4 is 17.6 Å². The van der Waals surface area contributed by atoms with Crippen LogP contribution < -0.4 is 28.9 Å². The van der Waals surface area contributed by atoms with Crippen LogP contribution in [0.2, 0.25) is 0 Å². The average molecular weight is 527 g/mol. The molecule has 0 fully saturated rings. The highest BCUT2D eigenvalue weighted by Gasteiger charge is 2.29. The second-order valence-electron chi connectivity index (χ2n) is 8.76. The Morgan fingerprint density at radius 1 is 0.811 bits per heavy atom. The van der Waals surface area contributed by atoms with Crippen LogP contribution in [0.5, 0.6) is 11.5 Å². The zero-order valence-corrected chi connectivity index (χ0v) is 20.7. The standard InChI is InChI=1S/C27H26N2O3.ClHO4/c30-24-11-7-22(8-12-24)28-16-20-5-1-3-18-15-19-4-2-6-21(27(19)32-26(18)20)17-29-23-9-13-25(31)14-10-23;2-1(3,4)5/h7-17,28,30-31H,1-6H2;(H,2,3,4,5)/b20-16+,29-17?;. The normalized spacial score (nSPS) is 18.5. The Bertz CT molecular complexity index is 1270. The highest BCUT2D eigenvalue weighted by Crippen LogP contribution is 2.42. The zero-order chi connectivity index (χ0) is 26.4. The van der Waals surface area contributed by atoms with Crippen LogP contribution in [0.1, 0.15) is 38.5 Å². The number of benzene rings is 2. The van der Waals surface area contributed by atoms with Gasteiger partial charge < -0.3 is 20.3 Å². The fourth-order valence-corrected chi connectivity index (χ4v) is 4.39. The molecular formula is C27H27ClN2O7. The molecule has 0 unspecified atom stereocenters. The van der Waals surface area contributed by atoms with Crippen molar-refractivity contribution in [2.45, 2.75) is 38.5 Å². The number of phenols is 2. The first-order valence-corrected chi connectivity index (χ1v) is 13.0. The number of phenolic OH excluding ortho intramolecular Hbond substituents is 2. The molecule has 1 heterocycles. The van der Waals surface area contributed by atoms with Crippen LogP contribution >= 0.6 is 0 Å². The third-order valence-electron chi connectivity index (χ3n) is 6.06. The maximum Gasteiger partial charge on any atom is 0.203 e. The molecule has 37 heavy (non-hydrogen) atoms. The molecule has 5 rings (SSSR count). The number of nitrogens with one attached hydrogen (secondary N) is 2. The Morgan fingerprint density at radius 2 is 1.43 bits per heavy atom. The zero-order valence-electron chi connectivity index (χ0n) is 19.9. The van der Waals surface area contributed by atoms with Crippen LogP contribution in [-0.4, -0.2) is 16.4 Å². The van der Waals surface area contributed by atoms with E-state index in [4.69, 9.17) is 23.4 Å². The second-order valence-corrected chi connectivity index (χ2v) is 9.52. The van der Waals surface area contributed by atoms with Gasteiger partial charge in [0.25, 0.3) is 0 Å². The van der Waals surface area contributed by atoms with Gasteiger partial charge in [0, 0.05) is 29.6 Å². The lowest BCUT2D eigenvalue weighted by Gasteiger charge is -2.31. The van der Waals surface area contributed by atoms with Gasteiger partial charge in [-0.05, 0) is 92.1 Å². The fraction of sp³-hybridized carbons (Fsp3) is 0.222. The number of aromatic hydroxyl groups is 2. The lowest BCUT2D eigenvalue weighted by molar-refractivity contribution is -2.00. The van der Waals surface area contributed by atoms with Crippen molar-refractivity contribution in [3.63, 3.8) is 0 Å². The molecule has 10 heteroatoms. The Hall–Kier alpha value is -3.60. The molecule has 2 aliphatic carbocycles. The van der Waals surface area contributed by atoms with Gasteiger partial charge in [0.2, 0.25) is 5.69 Å². The minimum Gasteiger partial charge on any atom is -0.508 e. The molecule has 0 amide bonds. The van der Waals surface area contributed by atoms with E-state index in [-0.39, 0.29) is 11.5 Å². The van der Waals surface area contributed by atoms with Gasteiger partial charge >= 0.3 is 0 Å². The van der Waals surface area contributed by atoms with Crippen molar-refractivity contribution in [1.29, 1.82) is 0 Å². The number of ether oxygens (including phenoxy) is 1. The molecule has 194 valence electrons. The Balaban J connectivity index is 0.000000586. The first-order valence-electron chi connectivity index (χ1n) is 11.8. The van der Waals surface area contributed by atoms with E-state index in [1.54, 1.807) is 24.3 Å². The van der Waals surface area contributed by atoms with Crippen molar-refractivity contribution in [1.82, 2.24) is 0 Å². The first kappa shape index (κ1) is 26.5. The SMILES string of the molecule is Oc1ccc(N/C=C2\CCCC3=C2OC2=C(C=[NH+]c4ccc(O)cc4)CCCC2=C3)cc1.[O-][Cl+3]([O-])([O-])[O-]. The third kappa shape index (κ3) is 7.69. The second kappa shape index (κ2) is 11.6. The predicted molar refractivity (Wildman–Crippen MR) is 126 cm³/mol. The van der Waals surface area contributed by atoms with Crippen LogP contribution in [0, 0.1) is 10.2 Å². The number of anilines is 1. The molecule has 0 saturated heterocycles. The van der Waals surface area contributed by atoms with E-state index < -0.39 is 10.2 Å². The third-order valence-corrected chi connectivity index (χ3v) is 6.06. The molecule has 2 aromatic carbocycles. The van der Waals surface area contributed by atoms with Gasteiger partial charge in [-0.3, -0.25) is 0 Å². The number of allylic oxidation sites excluding steroid dienone is 5. The van der Waals surface area contributed by atoms with Gasteiger partial charge in [0.1, 0.15) is 23.0 Å². The lowest BCUT2D eigenvalue weighted by atomic mass is 9.86. The summed E-state index contributed by atoms with van der Waals surface area (Å²) >= 11 is 0. The van der Waals surface area contributed by atoms with Gasteiger partial charge in [0.05, 0.1) is 5.57 Å². The number of hydrogen-bond acceptors (Lipinski definition) is 8. The molecule has 0 radical (unpaired) electrons. The van der Waals surface area contributed by atoms with Crippen molar-refractivity contribution in [3.05, 3.63) is 94.6 Å². The summed E-state index contributed by atoms with van der Waals surface area (Å²) in [6, 6.07) is 14.1. The number of halogens is 1. The van der Waals surface area contributed by atoms with Crippen LogP contribution in [0.4, 0.5) is 11.4 Å². The van der Waals surface area contributed by atoms with Crippen molar-refractivity contribution in [2.24, 2.45) is 0 Å². The molecule has 0 aromatic heterocycles. The summed E-state index contributed by atoms with van der Waals surface area (Å²) in [5, 5.41) is 22.3. The number of hydrogen-bond donors (Lipinski definition) is 4. The van der Waals surface area contributed by atoms with E-state index in [1.165, 1.54) is 22.3 Å². The molecule has 2 aromatic rings. The van der Waals surface area contributed by atoms with Crippen molar-refractivity contribution < 1.29 is 48.8 Å². The predicted octanol–water partition coefficient (Wildman–Crippen LogP) is -0.0467. The van der Waals surface area contributed by atoms with Crippen LogP contribution in [0.3, 0.4) is 0 Å². The summed E-state index contributed by atoms with van der Waals surface area (Å²) in [5.41, 5.74) is 6.75. The molecule has 0 spiro atoms. The summed E-state index contributed by atoms with van der Waals surface area (Å²) in [4.78, 5) is 3.34. The highest BCUT2D eigenvalue weighted by atomic mass is 35.7. The quantitative estimate of drug-likeness (QED) is 0.317. The molecule has 1 aliphatic heterocycles. The van der Waals surface area contributed by atoms with Crippen LogP contribution in [0.25, 0.3) is 0 Å². The Labute approximate surface area is 216 Å². The van der Waals surface area contributed by atoms with Crippen molar-refractivity contribution in [3.8, 4) is 11.5 Å². The maximum absolute atomic E-state index is 9.49. The molecule has 9 nitrogen and oxygen atoms in total. The van der Waals surface area contributed by atoms with Crippen molar-refractivity contribution in [2.75, 3.05) is 5.32 Å². The molecule has 0 atom stereocenters. The average Bonchev–Trinajstić information content (AvgIpc) is 2.86. The summed E-state index contributed by atoms with van der Waals surface area (Å²) in [7, 11) is -4.94. The van der Waals surface area contributed by atoms with Gasteiger partial charge in [0.15, 0.2) is 6.21 Å². The van der Waals surface area contributed by atoms with Gasteiger partial charge in [-0.1, -0.05) is 0 Å². The van der Waals surface area contributed by atoms with Gasteiger partial charge in [-0.25, -0.2) is 23.6 Å². The van der Waals surface area contributed by atoms with E-state index in [9.17, 15) is 10.2 Å². The number of fused-ring (bicyclic) bond motifs is 1. The molecular weight excluding hydrogens is 500 g/mol. The smallest absolute Gasteiger partial charge is 0.203 e. The summed E-state index contributed by atoms with van der Waals surface area (Å²) in [6.07, 6.45) is 12.6. The summed E-state index contributed by atoms with van der Waals surface area (Å²) < 4.78 is 40.5. The van der Waals surface area contributed by atoms with E-state index in [2.05, 4.69) is 16.4 Å². The number of rotatable bonds is 4. The summed E-state index contributed by atoms with van der Waals surface area (Å²) in [5.74, 6) is 2.46.